The second kappa shape index (κ2) is 8.39. The van der Waals surface area contributed by atoms with Gasteiger partial charge in [-0.05, 0) is 36.4 Å². The number of amides is 3. The Morgan fingerprint density at radius 1 is 0.964 bits per heavy atom. The van der Waals surface area contributed by atoms with E-state index in [-0.39, 0.29) is 22.4 Å². The highest BCUT2D eigenvalue weighted by Crippen LogP contribution is 2.19. The van der Waals surface area contributed by atoms with E-state index in [0.717, 1.165) is 6.07 Å². The number of hydrogen-bond acceptors (Lipinski definition) is 3. The Morgan fingerprint density at radius 2 is 1.61 bits per heavy atom. The van der Waals surface area contributed by atoms with Crippen LogP contribution in [0.5, 0.6) is 0 Å². The second-order valence-electron chi connectivity index (χ2n) is 6.47. The summed E-state index contributed by atoms with van der Waals surface area (Å²) in [5, 5.41) is 2.93. The Labute approximate surface area is 166 Å². The van der Waals surface area contributed by atoms with Gasteiger partial charge in [0.1, 0.15) is 5.82 Å². The molecule has 146 valence electrons. The van der Waals surface area contributed by atoms with Crippen molar-refractivity contribution in [2.24, 2.45) is 0 Å². The predicted molar refractivity (Wildman–Crippen MR) is 104 cm³/mol. The molecule has 1 aliphatic rings. The number of benzene rings is 2. The summed E-state index contributed by atoms with van der Waals surface area (Å²) in [6.07, 6.45) is 0. The highest BCUT2D eigenvalue weighted by molar-refractivity contribution is 6.31. The lowest BCUT2D eigenvalue weighted by molar-refractivity contribution is -0.114. The topological polar surface area (TPSA) is 69.7 Å². The molecule has 1 N–H and O–H groups in total. The SMILES string of the molecule is CC(=O)Nc1cccc(C(=O)N2CCN(C(=O)c3cc(Cl)ccc3F)CC2)c1. The van der Waals surface area contributed by atoms with Crippen molar-refractivity contribution in [1.82, 2.24) is 9.80 Å². The first-order valence-electron chi connectivity index (χ1n) is 8.76. The van der Waals surface area contributed by atoms with Crippen molar-refractivity contribution < 1.29 is 18.8 Å². The molecule has 0 unspecified atom stereocenters. The van der Waals surface area contributed by atoms with E-state index in [0.29, 0.717) is 37.4 Å². The monoisotopic (exact) mass is 403 g/mol. The van der Waals surface area contributed by atoms with Gasteiger partial charge in [-0.15, -0.1) is 0 Å². The first-order chi connectivity index (χ1) is 13.3. The van der Waals surface area contributed by atoms with Crippen LogP contribution in [-0.2, 0) is 4.79 Å². The summed E-state index contributed by atoms with van der Waals surface area (Å²) in [7, 11) is 0. The molecule has 0 aliphatic carbocycles. The van der Waals surface area contributed by atoms with Crippen molar-refractivity contribution in [3.63, 3.8) is 0 Å². The van der Waals surface area contributed by atoms with Crippen molar-refractivity contribution in [3.8, 4) is 0 Å². The Hall–Kier alpha value is -2.93. The van der Waals surface area contributed by atoms with Crippen molar-refractivity contribution in [1.29, 1.82) is 0 Å². The molecular formula is C20H19ClFN3O3. The lowest BCUT2D eigenvalue weighted by Crippen LogP contribution is -2.50. The van der Waals surface area contributed by atoms with Crippen LogP contribution in [0.25, 0.3) is 0 Å². The summed E-state index contributed by atoms with van der Waals surface area (Å²) in [6, 6.07) is 10.5. The van der Waals surface area contributed by atoms with E-state index in [9.17, 15) is 18.8 Å². The fourth-order valence-corrected chi connectivity index (χ4v) is 3.23. The average Bonchev–Trinajstić information content (AvgIpc) is 2.68. The van der Waals surface area contributed by atoms with Gasteiger partial charge in [-0.3, -0.25) is 14.4 Å². The fourth-order valence-electron chi connectivity index (χ4n) is 3.06. The number of carbonyl (C=O) groups is 3. The normalized spacial score (nSPS) is 14.0. The number of halogens is 2. The molecule has 0 atom stereocenters. The van der Waals surface area contributed by atoms with E-state index in [1.54, 1.807) is 29.2 Å². The van der Waals surface area contributed by atoms with Gasteiger partial charge in [0, 0.05) is 49.4 Å². The minimum absolute atomic E-state index is 0.0738. The molecule has 1 fully saturated rings. The third-order valence-corrected chi connectivity index (χ3v) is 4.68. The Kier molecular flexibility index (Phi) is 5.94. The molecule has 0 radical (unpaired) electrons. The molecule has 28 heavy (non-hydrogen) atoms. The average molecular weight is 404 g/mol. The molecule has 0 saturated carbocycles. The molecule has 3 amide bonds. The van der Waals surface area contributed by atoms with Gasteiger partial charge >= 0.3 is 0 Å². The van der Waals surface area contributed by atoms with Gasteiger partial charge in [0.05, 0.1) is 5.56 Å². The molecule has 0 bridgehead atoms. The van der Waals surface area contributed by atoms with E-state index >= 15 is 0 Å². The predicted octanol–water partition coefficient (Wildman–Crippen LogP) is 3.04. The zero-order valence-electron chi connectivity index (χ0n) is 15.2. The van der Waals surface area contributed by atoms with Gasteiger partial charge in [-0.25, -0.2) is 4.39 Å². The summed E-state index contributed by atoms with van der Waals surface area (Å²) in [4.78, 5) is 39.6. The van der Waals surface area contributed by atoms with Crippen LogP contribution in [0, 0.1) is 5.82 Å². The zero-order valence-corrected chi connectivity index (χ0v) is 16.0. The number of nitrogens with zero attached hydrogens (tertiary/aromatic N) is 2. The summed E-state index contributed by atoms with van der Waals surface area (Å²) in [5.41, 5.74) is 0.922. The van der Waals surface area contributed by atoms with Gasteiger partial charge in [0.25, 0.3) is 11.8 Å². The van der Waals surface area contributed by atoms with Crippen molar-refractivity contribution >= 4 is 35.0 Å². The van der Waals surface area contributed by atoms with Crippen molar-refractivity contribution in [3.05, 3.63) is 64.4 Å². The van der Waals surface area contributed by atoms with E-state index in [1.807, 2.05) is 0 Å². The number of anilines is 1. The van der Waals surface area contributed by atoms with Crippen LogP contribution in [0.2, 0.25) is 5.02 Å². The highest BCUT2D eigenvalue weighted by Gasteiger charge is 2.27. The smallest absolute Gasteiger partial charge is 0.257 e. The summed E-state index contributed by atoms with van der Waals surface area (Å²) in [5.74, 6) is -1.47. The molecule has 3 rings (SSSR count). The minimum atomic E-state index is -0.623. The number of hydrogen-bond donors (Lipinski definition) is 1. The molecule has 8 heteroatoms. The minimum Gasteiger partial charge on any atom is -0.335 e. The molecule has 6 nitrogen and oxygen atoms in total. The quantitative estimate of drug-likeness (QED) is 0.856. The van der Waals surface area contributed by atoms with E-state index in [2.05, 4.69) is 5.32 Å². The third kappa shape index (κ3) is 4.48. The molecule has 1 aliphatic heterocycles. The van der Waals surface area contributed by atoms with Crippen molar-refractivity contribution in [2.45, 2.75) is 6.92 Å². The summed E-state index contributed by atoms with van der Waals surface area (Å²) in [6.45, 7) is 2.64. The van der Waals surface area contributed by atoms with Crippen LogP contribution in [0.15, 0.2) is 42.5 Å². The summed E-state index contributed by atoms with van der Waals surface area (Å²) < 4.78 is 13.9. The lowest BCUT2D eigenvalue weighted by Gasteiger charge is -2.35. The molecule has 1 saturated heterocycles. The molecule has 0 aromatic heterocycles. The third-order valence-electron chi connectivity index (χ3n) is 4.44. The number of piperazine rings is 1. The first kappa shape index (κ1) is 19.8. The zero-order chi connectivity index (χ0) is 20.3. The summed E-state index contributed by atoms with van der Waals surface area (Å²) >= 11 is 5.86. The molecule has 0 spiro atoms. The van der Waals surface area contributed by atoms with Crippen LogP contribution in [0.3, 0.4) is 0 Å². The Balaban J connectivity index is 1.65. The van der Waals surface area contributed by atoms with E-state index < -0.39 is 11.7 Å². The van der Waals surface area contributed by atoms with Gasteiger partial charge in [0.2, 0.25) is 5.91 Å². The standard InChI is InChI=1S/C20H19ClFN3O3/c1-13(26)23-16-4-2-3-14(11-16)19(27)24-7-9-25(10-8-24)20(28)17-12-15(21)5-6-18(17)22/h2-6,11-12H,7-10H2,1H3,(H,23,26). The maximum atomic E-state index is 13.9. The first-order valence-corrected chi connectivity index (χ1v) is 9.14. The molecular weight excluding hydrogens is 385 g/mol. The van der Waals surface area contributed by atoms with Crippen LogP contribution < -0.4 is 5.32 Å². The largest absolute Gasteiger partial charge is 0.335 e. The maximum absolute atomic E-state index is 13.9. The van der Waals surface area contributed by atoms with E-state index in [4.69, 9.17) is 11.6 Å². The maximum Gasteiger partial charge on any atom is 0.257 e. The number of nitrogens with one attached hydrogen (secondary N) is 1. The van der Waals surface area contributed by atoms with Gasteiger partial charge < -0.3 is 15.1 Å². The Bertz CT molecular complexity index is 927. The van der Waals surface area contributed by atoms with Crippen LogP contribution in [0.1, 0.15) is 27.6 Å². The molecule has 2 aromatic rings. The van der Waals surface area contributed by atoms with E-state index in [1.165, 1.54) is 24.0 Å². The van der Waals surface area contributed by atoms with Crippen LogP contribution in [-0.4, -0.2) is 53.7 Å². The van der Waals surface area contributed by atoms with Crippen molar-refractivity contribution in [2.75, 3.05) is 31.5 Å². The van der Waals surface area contributed by atoms with Gasteiger partial charge in [-0.1, -0.05) is 17.7 Å². The lowest BCUT2D eigenvalue weighted by atomic mass is 10.1. The van der Waals surface area contributed by atoms with Gasteiger partial charge in [0.15, 0.2) is 0 Å². The number of rotatable bonds is 3. The van der Waals surface area contributed by atoms with Gasteiger partial charge in [-0.2, -0.15) is 0 Å². The Morgan fingerprint density at radius 3 is 2.25 bits per heavy atom. The highest BCUT2D eigenvalue weighted by atomic mass is 35.5. The van der Waals surface area contributed by atoms with Crippen LogP contribution in [0.4, 0.5) is 10.1 Å². The fraction of sp³-hybridized carbons (Fsp3) is 0.250. The second-order valence-corrected chi connectivity index (χ2v) is 6.91. The molecule has 2 aromatic carbocycles. The van der Waals surface area contributed by atoms with Crippen LogP contribution >= 0.6 is 11.6 Å². The molecule has 1 heterocycles. The number of carbonyl (C=O) groups excluding carboxylic acids is 3.